The van der Waals surface area contributed by atoms with Crippen LogP contribution in [0.3, 0.4) is 0 Å². The maximum absolute atomic E-state index is 11.5. The molecule has 9 unspecified atom stereocenters. The molecule has 4 fully saturated rings. The summed E-state index contributed by atoms with van der Waals surface area (Å²) in [6, 6.07) is 0. The smallest absolute Gasteiger partial charge is 0.726 e. The van der Waals surface area contributed by atoms with Crippen molar-refractivity contribution < 1.29 is 104 Å². The average molecular weight is 641 g/mol. The van der Waals surface area contributed by atoms with E-state index in [-0.39, 0.29) is 100 Å². The van der Waals surface area contributed by atoms with Crippen molar-refractivity contribution in [3.8, 4) is 0 Å². The number of fused-ring (bicyclic) bond motifs is 5. The largest absolute Gasteiger partial charge is 1.00 e. The fourth-order valence-electron chi connectivity index (χ4n) is 9.75. The van der Waals surface area contributed by atoms with E-state index in [1.807, 2.05) is 6.92 Å². The van der Waals surface area contributed by atoms with Crippen molar-refractivity contribution in [1.29, 1.82) is 0 Å². The van der Waals surface area contributed by atoms with E-state index in [2.05, 4.69) is 25.0 Å². The van der Waals surface area contributed by atoms with Gasteiger partial charge in [0.1, 0.15) is 6.10 Å². The van der Waals surface area contributed by atoms with Crippen LogP contribution in [0, 0.1) is 52.3 Å². The van der Waals surface area contributed by atoms with Gasteiger partial charge in [-0.15, -0.1) is 0 Å². The molecule has 0 saturated heterocycles. The summed E-state index contributed by atoms with van der Waals surface area (Å²) in [6.45, 7) is 8.66. The fraction of sp³-hybridized carbons (Fsp3) is 1.00. The monoisotopic (exact) mass is 640 g/mol. The minimum Gasteiger partial charge on any atom is -0.726 e. The molecule has 41 heavy (non-hydrogen) atoms. The van der Waals surface area contributed by atoms with Crippen molar-refractivity contribution in [2.24, 2.45) is 52.3 Å². The summed E-state index contributed by atoms with van der Waals surface area (Å²) in [5.74, 6) is 1.37. The van der Waals surface area contributed by atoms with Crippen LogP contribution in [0.2, 0.25) is 0 Å². The molecule has 2 N–H and O–H groups in total. The Kier molecular flexibility index (Phi) is 13.8. The zero-order valence-corrected chi connectivity index (χ0v) is 31.2. The van der Waals surface area contributed by atoms with Gasteiger partial charge in [-0.2, -0.15) is 0 Å². The van der Waals surface area contributed by atoms with Gasteiger partial charge < -0.3 is 19.3 Å². The van der Waals surface area contributed by atoms with Gasteiger partial charge in [0.2, 0.25) is 20.8 Å². The Labute approximate surface area is 291 Å². The minimum atomic E-state index is -4.92. The molecule has 0 aliphatic heterocycles. The Morgan fingerprint density at radius 3 is 2.07 bits per heavy atom. The minimum absolute atomic E-state index is 0. The van der Waals surface area contributed by atoms with E-state index in [0.717, 1.165) is 44.9 Å². The first-order valence-corrected chi connectivity index (χ1v) is 17.2. The summed E-state index contributed by atoms with van der Waals surface area (Å²) < 4.78 is 74.9. The van der Waals surface area contributed by atoms with Crippen LogP contribution in [0.25, 0.3) is 0 Å². The first kappa shape index (κ1) is 38.8. The fourth-order valence-corrected chi connectivity index (χ4v) is 10.7. The van der Waals surface area contributed by atoms with Crippen molar-refractivity contribution in [3.63, 3.8) is 0 Å². The zero-order valence-electron chi connectivity index (χ0n) is 25.5. The zero-order chi connectivity index (χ0) is 29.0. The Balaban J connectivity index is 0.00000294. The van der Waals surface area contributed by atoms with Gasteiger partial charge in [0.15, 0.2) is 0 Å². The van der Waals surface area contributed by atoms with E-state index in [1.54, 1.807) is 0 Å². The number of hydrogen-bond donors (Lipinski definition) is 2. The molecule has 0 bridgehead atoms. The number of rotatable bonds is 10. The summed E-state index contributed by atoms with van der Waals surface area (Å²) in [5.41, 5.74) is -0.150. The molecule has 0 aromatic carbocycles. The average Bonchev–Trinajstić information content (AvgIpc) is 3.17. The third-order valence-corrected chi connectivity index (χ3v) is 12.5. The second-order valence-electron chi connectivity index (χ2n) is 13.7. The van der Waals surface area contributed by atoms with Gasteiger partial charge in [-0.25, -0.2) is 16.8 Å². The Hall–Kier alpha value is 1.66. The summed E-state index contributed by atoms with van der Waals surface area (Å²) in [4.78, 5) is 0. The van der Waals surface area contributed by atoms with E-state index in [1.165, 1.54) is 0 Å². The van der Waals surface area contributed by atoms with Crippen LogP contribution < -0.4 is 59.1 Å². The predicted octanol–water partition coefficient (Wildman–Crippen LogP) is -2.64. The summed E-state index contributed by atoms with van der Waals surface area (Å²) in [7, 11) is -9.58. The van der Waals surface area contributed by atoms with Crippen molar-refractivity contribution in [3.05, 3.63) is 0 Å². The molecule has 4 saturated carbocycles. The van der Waals surface area contributed by atoms with E-state index < -0.39 is 39.1 Å². The molecule has 14 heteroatoms. The van der Waals surface area contributed by atoms with Crippen LogP contribution >= 0.6 is 0 Å². The van der Waals surface area contributed by atoms with Gasteiger partial charge in [0, 0.05) is 0 Å². The van der Waals surface area contributed by atoms with E-state index in [4.69, 9.17) is 4.18 Å². The van der Waals surface area contributed by atoms with Crippen LogP contribution in [0.15, 0.2) is 0 Å². The molecule has 0 radical (unpaired) electrons. The Morgan fingerprint density at radius 2 is 1.46 bits per heavy atom. The topological polar surface area (TPSA) is 173 Å². The van der Waals surface area contributed by atoms with Gasteiger partial charge >= 0.3 is 59.1 Å². The second-order valence-corrected chi connectivity index (χ2v) is 15.8. The summed E-state index contributed by atoms with van der Waals surface area (Å²) in [6.07, 6.45) is 5.45. The van der Waals surface area contributed by atoms with E-state index in [9.17, 15) is 36.2 Å². The molecule has 228 valence electrons. The first-order chi connectivity index (χ1) is 18.0. The van der Waals surface area contributed by atoms with Gasteiger partial charge in [0.25, 0.3) is 0 Å². The van der Waals surface area contributed by atoms with Crippen LogP contribution in [0.5, 0.6) is 0 Å². The standard InChI is InChI=1S/C27H48O10S2.2Na/c1-16(15-36-38(30,31)32)6-5-7-17(2)18-8-9-19-24-20(10-12-26(18,19)3)27(4)13-11-23(37-39(33,34)35)25(29)21(27)14-22(24)28;;/h16-25,28-29H,5-15H2,1-4H3,(H,30,31,32)(H,33,34,35);;/q;2*+1/p-2/t16-,17?,18?,19?,20?,21?,22?,23?,24?,25?,26+,27+;;/m0../s1. The molecule has 12 atom stereocenters. The number of hydrogen-bond acceptors (Lipinski definition) is 10. The molecule has 4 aliphatic rings. The van der Waals surface area contributed by atoms with Crippen LogP contribution in [-0.4, -0.2) is 61.1 Å². The van der Waals surface area contributed by atoms with Crippen LogP contribution in [0.1, 0.15) is 91.9 Å². The third kappa shape index (κ3) is 8.53. The predicted molar refractivity (Wildman–Crippen MR) is 140 cm³/mol. The number of aliphatic hydroxyl groups excluding tert-OH is 2. The molecule has 0 aromatic rings. The molecule has 10 nitrogen and oxygen atoms in total. The maximum atomic E-state index is 11.5. The Bertz CT molecular complexity index is 1090. The van der Waals surface area contributed by atoms with E-state index >= 15 is 0 Å². The molecular weight excluding hydrogens is 594 g/mol. The van der Waals surface area contributed by atoms with Crippen molar-refractivity contribution in [2.75, 3.05) is 6.61 Å². The van der Waals surface area contributed by atoms with Gasteiger partial charge in [-0.05, 0) is 104 Å². The van der Waals surface area contributed by atoms with Crippen molar-refractivity contribution >= 4 is 20.8 Å². The van der Waals surface area contributed by atoms with Crippen molar-refractivity contribution in [2.45, 2.75) is 110 Å². The molecule has 4 aliphatic carbocycles. The normalized spacial score (nSPS) is 42.0. The summed E-state index contributed by atoms with van der Waals surface area (Å²) >= 11 is 0. The quantitative estimate of drug-likeness (QED) is 0.146. The Morgan fingerprint density at radius 1 is 0.854 bits per heavy atom. The molecule has 0 heterocycles. The van der Waals surface area contributed by atoms with E-state index in [0.29, 0.717) is 37.0 Å². The second kappa shape index (κ2) is 14.6. The first-order valence-electron chi connectivity index (χ1n) is 14.6. The molecule has 0 aromatic heterocycles. The van der Waals surface area contributed by atoms with Crippen LogP contribution in [-0.2, 0) is 29.2 Å². The van der Waals surface area contributed by atoms with Gasteiger partial charge in [0.05, 0.1) is 18.8 Å². The molecule has 0 spiro atoms. The number of aliphatic hydroxyl groups is 2. The molecular formula is C27H46Na2O10S2. The maximum Gasteiger partial charge on any atom is 1.00 e. The SMILES string of the molecule is CC(CCC[C@H](C)COS(=O)(=O)[O-])C1CCC2C3C(O)CC4C(O)C(OS(=O)(=O)[O-])CC[C@]4(C)C3CC[C@]12C.[Na+].[Na+]. The van der Waals surface area contributed by atoms with Gasteiger partial charge in [-0.3, -0.25) is 8.37 Å². The summed E-state index contributed by atoms with van der Waals surface area (Å²) in [5, 5.41) is 22.5. The molecule has 4 rings (SSSR count). The third-order valence-electron chi connectivity index (χ3n) is 11.6. The van der Waals surface area contributed by atoms with Crippen molar-refractivity contribution in [1.82, 2.24) is 0 Å². The van der Waals surface area contributed by atoms with Crippen LogP contribution in [0.4, 0.5) is 0 Å². The van der Waals surface area contributed by atoms with Gasteiger partial charge in [-0.1, -0.05) is 40.5 Å². The molecule has 0 amide bonds.